The van der Waals surface area contributed by atoms with Crippen LogP contribution in [0.3, 0.4) is 0 Å². The lowest BCUT2D eigenvalue weighted by molar-refractivity contribution is 0.430. The summed E-state index contributed by atoms with van der Waals surface area (Å²) in [5.41, 5.74) is 5.17. The second-order valence-corrected chi connectivity index (χ2v) is 6.80. The highest BCUT2D eigenvalue weighted by atomic mass is 19.1. The van der Waals surface area contributed by atoms with Gasteiger partial charge in [-0.2, -0.15) is 0 Å². The van der Waals surface area contributed by atoms with Gasteiger partial charge in [0.05, 0.1) is 12.2 Å². The van der Waals surface area contributed by atoms with Gasteiger partial charge < -0.3 is 5.32 Å². The number of fused-ring (bicyclic) bond motifs is 1. The lowest BCUT2D eigenvalue weighted by Gasteiger charge is -2.16. The van der Waals surface area contributed by atoms with E-state index in [1.165, 1.54) is 49.8 Å². The molecular formula is C22H21FN2. The fourth-order valence-corrected chi connectivity index (χ4v) is 3.48. The molecule has 2 aromatic rings. The minimum Gasteiger partial charge on any atom is -0.354 e. The second-order valence-electron chi connectivity index (χ2n) is 6.80. The van der Waals surface area contributed by atoms with Gasteiger partial charge in [0.2, 0.25) is 0 Å². The van der Waals surface area contributed by atoms with Crippen molar-refractivity contribution in [3.63, 3.8) is 0 Å². The Balaban J connectivity index is 1.65. The highest BCUT2D eigenvalue weighted by Gasteiger charge is 2.13. The summed E-state index contributed by atoms with van der Waals surface area (Å²) in [6.07, 6.45) is 8.24. The van der Waals surface area contributed by atoms with Crippen molar-refractivity contribution in [3.05, 3.63) is 58.9 Å². The molecule has 4 rings (SSSR count). The van der Waals surface area contributed by atoms with Crippen molar-refractivity contribution in [1.29, 1.82) is 0 Å². The van der Waals surface area contributed by atoms with Crippen molar-refractivity contribution in [2.24, 2.45) is 10.9 Å². The third kappa shape index (κ3) is 3.74. The minimum absolute atomic E-state index is 0.232. The van der Waals surface area contributed by atoms with Crippen LogP contribution >= 0.6 is 0 Å². The molecule has 1 heterocycles. The van der Waals surface area contributed by atoms with Crippen LogP contribution < -0.4 is 5.32 Å². The van der Waals surface area contributed by atoms with E-state index < -0.39 is 0 Å². The van der Waals surface area contributed by atoms with E-state index in [1.807, 2.05) is 6.21 Å². The molecule has 0 atom stereocenters. The third-order valence-corrected chi connectivity index (χ3v) is 4.91. The second kappa shape index (κ2) is 7.11. The summed E-state index contributed by atoms with van der Waals surface area (Å²) < 4.78 is 13.1. The molecule has 1 N–H and O–H groups in total. The molecule has 0 amide bonds. The standard InChI is InChI=1S/C22H21FN2/c23-20-8-10-21(11-9-20)25-22-13-19-15-24-14-18(19)12-17(22)7-6-16-4-2-1-3-5-16/h8-13,15-16,25H,1-5,14H2. The Morgan fingerprint density at radius 1 is 1.04 bits per heavy atom. The van der Waals surface area contributed by atoms with Gasteiger partial charge in [-0.1, -0.05) is 31.1 Å². The van der Waals surface area contributed by atoms with Crippen LogP contribution in [0.2, 0.25) is 0 Å². The van der Waals surface area contributed by atoms with Crippen LogP contribution in [0.1, 0.15) is 48.8 Å². The van der Waals surface area contributed by atoms with Crippen molar-refractivity contribution >= 4 is 17.6 Å². The van der Waals surface area contributed by atoms with E-state index in [0.717, 1.165) is 29.0 Å². The molecule has 25 heavy (non-hydrogen) atoms. The van der Waals surface area contributed by atoms with Gasteiger partial charge in [-0.25, -0.2) is 4.39 Å². The number of nitrogens with zero attached hydrogens (tertiary/aromatic N) is 1. The molecule has 0 radical (unpaired) electrons. The van der Waals surface area contributed by atoms with E-state index in [4.69, 9.17) is 0 Å². The van der Waals surface area contributed by atoms with Crippen LogP contribution in [0.15, 0.2) is 41.4 Å². The van der Waals surface area contributed by atoms with Gasteiger partial charge in [0.15, 0.2) is 0 Å². The zero-order valence-corrected chi connectivity index (χ0v) is 14.2. The largest absolute Gasteiger partial charge is 0.354 e. The lowest BCUT2D eigenvalue weighted by atomic mass is 9.89. The van der Waals surface area contributed by atoms with Crippen molar-refractivity contribution in [3.8, 4) is 11.8 Å². The molecule has 2 nitrogen and oxygen atoms in total. The average molecular weight is 332 g/mol. The molecule has 3 heteroatoms. The van der Waals surface area contributed by atoms with Crippen LogP contribution in [0.25, 0.3) is 0 Å². The molecule has 1 saturated carbocycles. The Morgan fingerprint density at radius 2 is 1.84 bits per heavy atom. The van der Waals surface area contributed by atoms with Crippen molar-refractivity contribution in [1.82, 2.24) is 0 Å². The van der Waals surface area contributed by atoms with E-state index in [0.29, 0.717) is 5.92 Å². The maximum Gasteiger partial charge on any atom is 0.123 e. The number of halogens is 1. The predicted octanol–water partition coefficient (Wildman–Crippen LogP) is 5.43. The maximum absolute atomic E-state index is 13.1. The van der Waals surface area contributed by atoms with Gasteiger partial charge in [-0.3, -0.25) is 4.99 Å². The van der Waals surface area contributed by atoms with Crippen LogP contribution in [-0.4, -0.2) is 6.21 Å². The van der Waals surface area contributed by atoms with Crippen LogP contribution in [0, 0.1) is 23.6 Å². The molecule has 126 valence electrons. The SMILES string of the molecule is Fc1ccc(Nc2cc3c(cc2C#CC2CCCCC2)CN=C3)cc1. The molecule has 2 aromatic carbocycles. The number of anilines is 2. The van der Waals surface area contributed by atoms with E-state index in [-0.39, 0.29) is 5.82 Å². The van der Waals surface area contributed by atoms with Crippen molar-refractivity contribution in [2.45, 2.75) is 38.6 Å². The highest BCUT2D eigenvalue weighted by Crippen LogP contribution is 2.28. The van der Waals surface area contributed by atoms with E-state index in [9.17, 15) is 4.39 Å². The zero-order chi connectivity index (χ0) is 17.1. The highest BCUT2D eigenvalue weighted by molar-refractivity contribution is 5.88. The first kappa shape index (κ1) is 15.9. The third-order valence-electron chi connectivity index (χ3n) is 4.91. The summed E-state index contributed by atoms with van der Waals surface area (Å²) in [6, 6.07) is 10.7. The molecule has 0 saturated heterocycles. The quantitative estimate of drug-likeness (QED) is 0.728. The Labute approximate surface area is 148 Å². The topological polar surface area (TPSA) is 24.4 Å². The molecule has 1 aliphatic carbocycles. The Kier molecular flexibility index (Phi) is 4.52. The molecular weight excluding hydrogens is 311 g/mol. The first-order chi connectivity index (χ1) is 12.3. The Hall–Kier alpha value is -2.60. The predicted molar refractivity (Wildman–Crippen MR) is 101 cm³/mol. The monoisotopic (exact) mass is 332 g/mol. The lowest BCUT2D eigenvalue weighted by Crippen LogP contribution is -2.03. The normalized spacial score (nSPS) is 16.2. The molecule has 1 fully saturated rings. The van der Waals surface area contributed by atoms with Gasteiger partial charge in [-0.05, 0) is 60.4 Å². The zero-order valence-electron chi connectivity index (χ0n) is 14.2. The van der Waals surface area contributed by atoms with E-state index >= 15 is 0 Å². The van der Waals surface area contributed by atoms with Gasteiger partial charge in [0.1, 0.15) is 5.82 Å². The Bertz CT molecular complexity index is 850. The van der Waals surface area contributed by atoms with Gasteiger partial charge in [0.25, 0.3) is 0 Å². The molecule has 0 spiro atoms. The van der Waals surface area contributed by atoms with Crippen molar-refractivity contribution in [2.75, 3.05) is 5.32 Å². The van der Waals surface area contributed by atoms with Gasteiger partial charge >= 0.3 is 0 Å². The molecule has 2 aliphatic rings. The Morgan fingerprint density at radius 3 is 2.64 bits per heavy atom. The number of rotatable bonds is 2. The number of aliphatic imine (C=N–C) groups is 1. The summed E-state index contributed by atoms with van der Waals surface area (Å²) >= 11 is 0. The van der Waals surface area contributed by atoms with Crippen LogP contribution in [0.5, 0.6) is 0 Å². The molecule has 0 bridgehead atoms. The number of benzene rings is 2. The summed E-state index contributed by atoms with van der Waals surface area (Å²) in [5.74, 6) is 7.15. The van der Waals surface area contributed by atoms with Gasteiger partial charge in [0, 0.05) is 23.4 Å². The van der Waals surface area contributed by atoms with Crippen LogP contribution in [-0.2, 0) is 6.54 Å². The minimum atomic E-state index is -0.232. The smallest absolute Gasteiger partial charge is 0.123 e. The molecule has 0 aromatic heterocycles. The number of nitrogens with one attached hydrogen (secondary N) is 1. The average Bonchev–Trinajstić information content (AvgIpc) is 3.10. The van der Waals surface area contributed by atoms with Crippen LogP contribution in [0.4, 0.5) is 15.8 Å². The van der Waals surface area contributed by atoms with Crippen molar-refractivity contribution < 1.29 is 4.39 Å². The summed E-state index contributed by atoms with van der Waals surface area (Å²) in [6.45, 7) is 0.726. The van der Waals surface area contributed by atoms with E-state index in [2.05, 4.69) is 34.3 Å². The summed E-state index contributed by atoms with van der Waals surface area (Å²) in [4.78, 5) is 4.35. The fraction of sp³-hybridized carbons (Fsp3) is 0.318. The summed E-state index contributed by atoms with van der Waals surface area (Å²) in [5, 5.41) is 3.39. The maximum atomic E-state index is 13.1. The first-order valence-electron chi connectivity index (χ1n) is 8.99. The molecule has 1 aliphatic heterocycles. The number of hydrogen-bond acceptors (Lipinski definition) is 2. The van der Waals surface area contributed by atoms with Gasteiger partial charge in [-0.15, -0.1) is 0 Å². The van der Waals surface area contributed by atoms with E-state index in [1.54, 1.807) is 12.1 Å². The summed E-state index contributed by atoms with van der Waals surface area (Å²) in [7, 11) is 0. The number of hydrogen-bond donors (Lipinski definition) is 1. The first-order valence-corrected chi connectivity index (χ1v) is 8.99. The fourth-order valence-electron chi connectivity index (χ4n) is 3.48. The molecule has 0 unspecified atom stereocenters.